The molecule has 11 heteroatoms. The number of thiophene rings is 1. The van der Waals surface area contributed by atoms with E-state index in [9.17, 15) is 9.59 Å². The molecule has 8 nitrogen and oxygen atoms in total. The lowest BCUT2D eigenvalue weighted by Crippen LogP contribution is -2.42. The SMILES string of the molecule is O=C(NCCN1CCOCC1)C(=Cc1cn(-c2ccccc2)nc1-c1cccs1)NC(=O)c1ccc(Cl)cc1Cl. The fourth-order valence-electron chi connectivity index (χ4n) is 4.24. The Bertz CT molecular complexity index is 1500. The first kappa shape index (κ1) is 28.1. The number of morpholine rings is 1. The molecule has 0 spiro atoms. The number of nitrogens with zero attached hydrogens (tertiary/aromatic N) is 3. The second-order valence-corrected chi connectivity index (χ2v) is 10.8. The van der Waals surface area contributed by atoms with Gasteiger partial charge < -0.3 is 15.4 Å². The number of amides is 2. The molecule has 2 aromatic heterocycles. The predicted octanol–water partition coefficient (Wildman–Crippen LogP) is 5.13. The molecule has 1 saturated heterocycles. The Morgan fingerprint density at radius 2 is 1.85 bits per heavy atom. The van der Waals surface area contributed by atoms with Gasteiger partial charge in [0, 0.05) is 43.0 Å². The first-order chi connectivity index (χ1) is 19.5. The van der Waals surface area contributed by atoms with E-state index < -0.39 is 11.8 Å². The summed E-state index contributed by atoms with van der Waals surface area (Å²) in [4.78, 5) is 29.8. The van der Waals surface area contributed by atoms with Crippen LogP contribution < -0.4 is 10.6 Å². The van der Waals surface area contributed by atoms with Crippen molar-refractivity contribution >= 4 is 52.4 Å². The summed E-state index contributed by atoms with van der Waals surface area (Å²) in [5.74, 6) is -0.944. The van der Waals surface area contributed by atoms with Crippen molar-refractivity contribution < 1.29 is 14.3 Å². The first-order valence-electron chi connectivity index (χ1n) is 12.7. The number of aromatic nitrogens is 2. The lowest BCUT2D eigenvalue weighted by atomic mass is 10.1. The van der Waals surface area contributed by atoms with Gasteiger partial charge in [0.25, 0.3) is 11.8 Å². The molecule has 3 heterocycles. The number of nitrogens with one attached hydrogen (secondary N) is 2. The van der Waals surface area contributed by atoms with E-state index in [1.165, 1.54) is 23.5 Å². The van der Waals surface area contributed by atoms with Crippen LogP contribution in [0.15, 0.2) is 77.9 Å². The van der Waals surface area contributed by atoms with Gasteiger partial charge in [-0.25, -0.2) is 4.68 Å². The molecule has 0 aliphatic carbocycles. The summed E-state index contributed by atoms with van der Waals surface area (Å²) in [5.41, 5.74) is 2.51. The van der Waals surface area contributed by atoms with Crippen molar-refractivity contribution in [3.05, 3.63) is 99.1 Å². The van der Waals surface area contributed by atoms with Crippen LogP contribution in [0.5, 0.6) is 0 Å². The Kier molecular flexibility index (Phi) is 9.30. The van der Waals surface area contributed by atoms with Crippen LogP contribution in [0.4, 0.5) is 0 Å². The van der Waals surface area contributed by atoms with E-state index >= 15 is 0 Å². The molecule has 0 bridgehead atoms. The number of hydrogen-bond donors (Lipinski definition) is 2. The van der Waals surface area contributed by atoms with Crippen molar-refractivity contribution in [1.82, 2.24) is 25.3 Å². The van der Waals surface area contributed by atoms with E-state index in [1.807, 2.05) is 54.0 Å². The zero-order chi connectivity index (χ0) is 27.9. The maximum atomic E-state index is 13.5. The lowest BCUT2D eigenvalue weighted by molar-refractivity contribution is -0.117. The van der Waals surface area contributed by atoms with E-state index in [0.29, 0.717) is 42.6 Å². The van der Waals surface area contributed by atoms with E-state index in [0.717, 1.165) is 23.7 Å². The highest BCUT2D eigenvalue weighted by molar-refractivity contribution is 7.13. The number of ether oxygens (including phenoxy) is 1. The number of carbonyl (C=O) groups is 2. The number of halogens is 2. The van der Waals surface area contributed by atoms with Crippen LogP contribution in [-0.4, -0.2) is 65.9 Å². The van der Waals surface area contributed by atoms with Gasteiger partial charge in [-0.05, 0) is 47.9 Å². The van der Waals surface area contributed by atoms with E-state index in [4.69, 9.17) is 33.0 Å². The van der Waals surface area contributed by atoms with Crippen LogP contribution in [0.3, 0.4) is 0 Å². The molecular weight excluding hydrogens is 569 g/mol. The Hall–Kier alpha value is -3.47. The first-order valence-corrected chi connectivity index (χ1v) is 14.4. The minimum Gasteiger partial charge on any atom is -0.379 e. The van der Waals surface area contributed by atoms with Gasteiger partial charge in [0.15, 0.2) is 0 Å². The molecule has 2 amide bonds. The summed E-state index contributed by atoms with van der Waals surface area (Å²) in [6.45, 7) is 4.06. The van der Waals surface area contributed by atoms with Crippen LogP contribution in [-0.2, 0) is 9.53 Å². The summed E-state index contributed by atoms with van der Waals surface area (Å²) >= 11 is 13.8. The van der Waals surface area contributed by atoms with E-state index in [-0.39, 0.29) is 16.3 Å². The molecule has 5 rings (SSSR count). The van der Waals surface area contributed by atoms with Gasteiger partial charge in [0.2, 0.25) is 0 Å². The van der Waals surface area contributed by atoms with Gasteiger partial charge >= 0.3 is 0 Å². The van der Waals surface area contributed by atoms with Crippen LogP contribution in [0.2, 0.25) is 10.0 Å². The van der Waals surface area contributed by atoms with Gasteiger partial charge in [0.05, 0.1) is 34.4 Å². The third-order valence-corrected chi connectivity index (χ3v) is 7.73. The summed E-state index contributed by atoms with van der Waals surface area (Å²) in [7, 11) is 0. The molecule has 0 unspecified atom stereocenters. The number of carbonyl (C=O) groups excluding carboxylic acids is 2. The van der Waals surface area contributed by atoms with Crippen molar-refractivity contribution in [2.45, 2.75) is 0 Å². The maximum Gasteiger partial charge on any atom is 0.267 e. The largest absolute Gasteiger partial charge is 0.379 e. The van der Waals surface area contributed by atoms with Crippen LogP contribution in [0.25, 0.3) is 22.3 Å². The molecule has 1 aliphatic rings. The fourth-order valence-corrected chi connectivity index (χ4v) is 5.46. The third-order valence-electron chi connectivity index (χ3n) is 6.30. The van der Waals surface area contributed by atoms with E-state index in [2.05, 4.69) is 15.5 Å². The number of hydrogen-bond acceptors (Lipinski definition) is 6. The highest BCUT2D eigenvalue weighted by Gasteiger charge is 2.20. The average molecular weight is 597 g/mol. The van der Waals surface area contributed by atoms with E-state index in [1.54, 1.807) is 16.8 Å². The van der Waals surface area contributed by atoms with Crippen LogP contribution >= 0.6 is 34.5 Å². The second kappa shape index (κ2) is 13.3. The van der Waals surface area contributed by atoms with Gasteiger partial charge in [-0.1, -0.05) is 47.5 Å². The van der Waals surface area contributed by atoms with Crippen molar-refractivity contribution in [1.29, 1.82) is 0 Å². The molecule has 1 aliphatic heterocycles. The van der Waals surface area contributed by atoms with Gasteiger partial charge in [-0.15, -0.1) is 11.3 Å². The topological polar surface area (TPSA) is 88.5 Å². The molecule has 2 N–H and O–H groups in total. The van der Waals surface area contributed by atoms with Crippen molar-refractivity contribution in [3.8, 4) is 16.3 Å². The normalized spacial score (nSPS) is 14.2. The van der Waals surface area contributed by atoms with Crippen molar-refractivity contribution in [3.63, 3.8) is 0 Å². The predicted molar refractivity (Wildman–Crippen MR) is 159 cm³/mol. The van der Waals surface area contributed by atoms with Crippen molar-refractivity contribution in [2.24, 2.45) is 0 Å². The van der Waals surface area contributed by atoms with Gasteiger partial charge in [-0.2, -0.15) is 5.10 Å². The number of para-hydroxylation sites is 1. The minimum absolute atomic E-state index is 0.0726. The van der Waals surface area contributed by atoms with Gasteiger partial charge in [0.1, 0.15) is 11.4 Å². The van der Waals surface area contributed by atoms with Gasteiger partial charge in [-0.3, -0.25) is 14.5 Å². The zero-order valence-corrected chi connectivity index (χ0v) is 23.8. The molecule has 2 aromatic carbocycles. The summed E-state index contributed by atoms with van der Waals surface area (Å²) in [6, 6.07) is 18.2. The standard InChI is InChI=1S/C29H27Cl2N5O3S/c30-21-8-9-23(24(31)18-21)28(37)33-25(29(38)32-10-11-35-12-14-39-15-13-35)17-20-19-36(22-5-2-1-3-6-22)34-27(20)26-7-4-16-40-26/h1-9,16-19H,10-15H2,(H,32,38)(H,33,37). The average Bonchev–Trinajstić information content (AvgIpc) is 3.64. The fraction of sp³-hybridized carbons (Fsp3) is 0.207. The maximum absolute atomic E-state index is 13.5. The third kappa shape index (κ3) is 6.99. The quantitative estimate of drug-likeness (QED) is 0.262. The molecule has 0 radical (unpaired) electrons. The second-order valence-electron chi connectivity index (χ2n) is 9.04. The molecule has 4 aromatic rings. The van der Waals surface area contributed by atoms with Crippen LogP contribution in [0.1, 0.15) is 15.9 Å². The lowest BCUT2D eigenvalue weighted by Gasteiger charge is -2.26. The monoisotopic (exact) mass is 595 g/mol. The molecule has 0 saturated carbocycles. The molecule has 40 heavy (non-hydrogen) atoms. The van der Waals surface area contributed by atoms with Crippen molar-refractivity contribution in [2.75, 3.05) is 39.4 Å². The Morgan fingerprint density at radius 1 is 1.05 bits per heavy atom. The zero-order valence-electron chi connectivity index (χ0n) is 21.5. The molecular formula is C29H27Cl2N5O3S. The summed E-state index contributed by atoms with van der Waals surface area (Å²) in [5, 5.41) is 13.1. The molecule has 206 valence electrons. The highest BCUT2D eigenvalue weighted by Crippen LogP contribution is 2.29. The number of rotatable bonds is 9. The van der Waals surface area contributed by atoms with Crippen LogP contribution in [0, 0.1) is 0 Å². The summed E-state index contributed by atoms with van der Waals surface area (Å²) in [6.07, 6.45) is 3.49. The molecule has 0 atom stereocenters. The summed E-state index contributed by atoms with van der Waals surface area (Å²) < 4.78 is 7.16. The Labute approximate surface area is 246 Å². The number of benzene rings is 2. The Morgan fingerprint density at radius 3 is 2.58 bits per heavy atom. The highest BCUT2D eigenvalue weighted by atomic mass is 35.5. The molecule has 1 fully saturated rings. The Balaban J connectivity index is 1.47. The minimum atomic E-state index is -0.524. The smallest absolute Gasteiger partial charge is 0.267 e.